The number of urea groups is 1. The van der Waals surface area contributed by atoms with Crippen molar-refractivity contribution in [3.63, 3.8) is 0 Å². The van der Waals surface area contributed by atoms with Crippen molar-refractivity contribution < 1.29 is 32.7 Å². The highest BCUT2D eigenvalue weighted by molar-refractivity contribution is 5.87. The first kappa shape index (κ1) is 24.2. The van der Waals surface area contributed by atoms with Gasteiger partial charge in [-0.2, -0.15) is 13.2 Å². The second kappa shape index (κ2) is 11.2. The predicted molar refractivity (Wildman–Crippen MR) is 99.7 cm³/mol. The number of nitrogens with one attached hydrogen (secondary N) is 2. The van der Waals surface area contributed by atoms with E-state index in [1.54, 1.807) is 12.1 Å². The number of hydrogen-bond donors (Lipinski definition) is 5. The zero-order valence-corrected chi connectivity index (χ0v) is 15.7. The normalized spacial score (nSPS) is 15.4. The minimum absolute atomic E-state index is 0.0914. The molecule has 0 spiro atoms. The number of nitrogens with two attached hydrogens (primary N) is 2. The summed E-state index contributed by atoms with van der Waals surface area (Å²) in [6.07, 6.45) is 0.584. The van der Waals surface area contributed by atoms with E-state index in [4.69, 9.17) is 21.4 Å². The van der Waals surface area contributed by atoms with Gasteiger partial charge in [0, 0.05) is 12.2 Å². The molecule has 0 heterocycles. The molecule has 1 fully saturated rings. The van der Waals surface area contributed by atoms with Crippen molar-refractivity contribution in [3.8, 4) is 0 Å². The van der Waals surface area contributed by atoms with Gasteiger partial charge in [0.1, 0.15) is 0 Å². The number of primary amides is 1. The van der Waals surface area contributed by atoms with Crippen LogP contribution in [-0.4, -0.2) is 35.2 Å². The SMILES string of the molecule is NC(=O)Nc1ccc(CNC(=O)C(N)C2CCCCC2)cc1.O=C(O)C(F)(F)F. The number of amides is 3. The maximum atomic E-state index is 12.1. The molecule has 162 valence electrons. The number of benzene rings is 1. The fourth-order valence-electron chi connectivity index (χ4n) is 2.86. The number of carbonyl (C=O) groups excluding carboxylic acids is 2. The average Bonchev–Trinajstić information content (AvgIpc) is 2.66. The molecule has 1 aliphatic carbocycles. The fraction of sp³-hybridized carbons (Fsp3) is 0.500. The van der Waals surface area contributed by atoms with E-state index in [1.165, 1.54) is 19.3 Å². The van der Waals surface area contributed by atoms with Crippen LogP contribution in [0.1, 0.15) is 37.7 Å². The van der Waals surface area contributed by atoms with Crippen molar-refractivity contribution in [3.05, 3.63) is 29.8 Å². The van der Waals surface area contributed by atoms with Gasteiger partial charge in [-0.05, 0) is 36.5 Å². The summed E-state index contributed by atoms with van der Waals surface area (Å²) in [5.74, 6) is -2.55. The van der Waals surface area contributed by atoms with E-state index in [9.17, 15) is 22.8 Å². The molecule has 0 aromatic heterocycles. The summed E-state index contributed by atoms with van der Waals surface area (Å²) in [6.45, 7) is 0.427. The average molecular weight is 418 g/mol. The highest BCUT2D eigenvalue weighted by Crippen LogP contribution is 2.25. The van der Waals surface area contributed by atoms with Gasteiger partial charge in [0.15, 0.2) is 0 Å². The Bertz CT molecular complexity index is 689. The van der Waals surface area contributed by atoms with Gasteiger partial charge >= 0.3 is 18.2 Å². The molecule has 3 amide bonds. The van der Waals surface area contributed by atoms with Gasteiger partial charge in [0.05, 0.1) is 6.04 Å². The molecule has 0 radical (unpaired) electrons. The number of alkyl halides is 3. The number of aliphatic carboxylic acids is 1. The largest absolute Gasteiger partial charge is 0.490 e. The molecule has 1 saturated carbocycles. The highest BCUT2D eigenvalue weighted by atomic mass is 19.4. The molecule has 0 bridgehead atoms. The van der Waals surface area contributed by atoms with E-state index in [-0.39, 0.29) is 5.91 Å². The summed E-state index contributed by atoms with van der Waals surface area (Å²) in [5.41, 5.74) is 12.7. The van der Waals surface area contributed by atoms with Gasteiger partial charge in [-0.15, -0.1) is 0 Å². The number of carbonyl (C=O) groups is 3. The molecular weight excluding hydrogens is 393 g/mol. The van der Waals surface area contributed by atoms with Gasteiger partial charge in [-0.25, -0.2) is 9.59 Å². The monoisotopic (exact) mass is 418 g/mol. The van der Waals surface area contributed by atoms with Crippen molar-refractivity contribution in [1.82, 2.24) is 5.32 Å². The predicted octanol–water partition coefficient (Wildman–Crippen LogP) is 2.33. The van der Waals surface area contributed by atoms with Gasteiger partial charge < -0.3 is 27.2 Å². The van der Waals surface area contributed by atoms with Crippen LogP contribution in [0.3, 0.4) is 0 Å². The summed E-state index contributed by atoms with van der Waals surface area (Å²) < 4.78 is 31.7. The molecule has 1 atom stereocenters. The van der Waals surface area contributed by atoms with E-state index >= 15 is 0 Å². The van der Waals surface area contributed by atoms with Crippen LogP contribution in [-0.2, 0) is 16.1 Å². The quantitative estimate of drug-likeness (QED) is 0.498. The first-order valence-electron chi connectivity index (χ1n) is 8.99. The van der Waals surface area contributed by atoms with Crippen molar-refractivity contribution in [1.29, 1.82) is 0 Å². The molecule has 8 nitrogen and oxygen atoms in total. The third-order valence-corrected chi connectivity index (χ3v) is 4.39. The van der Waals surface area contributed by atoms with Gasteiger partial charge in [0.2, 0.25) is 5.91 Å². The summed E-state index contributed by atoms with van der Waals surface area (Å²) in [7, 11) is 0. The second-order valence-corrected chi connectivity index (χ2v) is 6.63. The number of halogens is 3. The molecule has 11 heteroatoms. The van der Waals surface area contributed by atoms with Crippen molar-refractivity contribution in [2.24, 2.45) is 17.4 Å². The molecule has 1 aromatic rings. The third-order valence-electron chi connectivity index (χ3n) is 4.39. The van der Waals surface area contributed by atoms with Crippen LogP contribution in [0, 0.1) is 5.92 Å². The Labute approximate surface area is 165 Å². The second-order valence-electron chi connectivity index (χ2n) is 6.63. The van der Waals surface area contributed by atoms with E-state index in [0.29, 0.717) is 18.2 Å². The van der Waals surface area contributed by atoms with E-state index in [2.05, 4.69) is 10.6 Å². The van der Waals surface area contributed by atoms with E-state index in [1.807, 2.05) is 12.1 Å². The molecule has 29 heavy (non-hydrogen) atoms. The summed E-state index contributed by atoms with van der Waals surface area (Å²) >= 11 is 0. The molecule has 1 aromatic carbocycles. The third kappa shape index (κ3) is 9.28. The van der Waals surface area contributed by atoms with Crippen LogP contribution in [0.4, 0.5) is 23.7 Å². The Balaban J connectivity index is 0.000000516. The van der Waals surface area contributed by atoms with Crippen molar-refractivity contribution in [2.45, 2.75) is 50.9 Å². The van der Waals surface area contributed by atoms with E-state index < -0.39 is 24.2 Å². The van der Waals surface area contributed by atoms with Crippen LogP contribution >= 0.6 is 0 Å². The molecule has 2 rings (SSSR count). The lowest BCUT2D eigenvalue weighted by molar-refractivity contribution is -0.192. The lowest BCUT2D eigenvalue weighted by Crippen LogP contribution is -2.45. The zero-order valence-electron chi connectivity index (χ0n) is 15.7. The Morgan fingerprint density at radius 1 is 1.10 bits per heavy atom. The first-order chi connectivity index (χ1) is 13.5. The van der Waals surface area contributed by atoms with Gasteiger partial charge in [-0.3, -0.25) is 4.79 Å². The summed E-state index contributed by atoms with van der Waals surface area (Å²) in [6, 6.07) is 6.13. The van der Waals surface area contributed by atoms with Gasteiger partial charge in [-0.1, -0.05) is 31.4 Å². The first-order valence-corrected chi connectivity index (χ1v) is 8.99. The Hall–Kier alpha value is -2.82. The molecule has 1 unspecified atom stereocenters. The van der Waals surface area contributed by atoms with Crippen LogP contribution in [0.15, 0.2) is 24.3 Å². The minimum atomic E-state index is -5.08. The Kier molecular flexibility index (Phi) is 9.39. The summed E-state index contributed by atoms with van der Waals surface area (Å²) in [5, 5.41) is 12.5. The summed E-state index contributed by atoms with van der Waals surface area (Å²) in [4.78, 5) is 31.7. The number of carboxylic acids is 1. The lowest BCUT2D eigenvalue weighted by Gasteiger charge is -2.26. The number of rotatable bonds is 5. The van der Waals surface area contributed by atoms with Gasteiger partial charge in [0.25, 0.3) is 0 Å². The number of carboxylic acid groups (broad SMARTS) is 1. The van der Waals surface area contributed by atoms with Crippen LogP contribution in [0.2, 0.25) is 0 Å². The van der Waals surface area contributed by atoms with Crippen molar-refractivity contribution >= 4 is 23.6 Å². The molecule has 1 aliphatic rings. The minimum Gasteiger partial charge on any atom is -0.475 e. The van der Waals surface area contributed by atoms with Crippen LogP contribution < -0.4 is 22.1 Å². The molecule has 7 N–H and O–H groups in total. The lowest BCUT2D eigenvalue weighted by atomic mass is 9.84. The standard InChI is InChI=1S/C16H24N4O2.C2HF3O2/c17-14(12-4-2-1-3-5-12)15(21)19-10-11-6-8-13(9-7-11)20-16(18)22;3-2(4,5)1(6)7/h6-9,12,14H,1-5,10,17H2,(H,19,21)(H3,18,20,22);(H,6,7). The maximum absolute atomic E-state index is 12.1. The Morgan fingerprint density at radius 2 is 1.62 bits per heavy atom. The maximum Gasteiger partial charge on any atom is 0.490 e. The fourth-order valence-corrected chi connectivity index (χ4v) is 2.86. The van der Waals surface area contributed by atoms with Crippen LogP contribution in [0.25, 0.3) is 0 Å². The smallest absolute Gasteiger partial charge is 0.475 e. The number of hydrogen-bond acceptors (Lipinski definition) is 4. The van der Waals surface area contributed by atoms with E-state index in [0.717, 1.165) is 18.4 Å². The Morgan fingerprint density at radius 3 is 2.07 bits per heavy atom. The zero-order chi connectivity index (χ0) is 22.0. The molecule has 0 saturated heterocycles. The highest BCUT2D eigenvalue weighted by Gasteiger charge is 2.38. The number of anilines is 1. The topological polar surface area (TPSA) is 148 Å². The van der Waals surface area contributed by atoms with Crippen LogP contribution in [0.5, 0.6) is 0 Å². The molecule has 0 aliphatic heterocycles. The van der Waals surface area contributed by atoms with Crippen molar-refractivity contribution in [2.75, 3.05) is 5.32 Å². The molecular formula is C18H25F3N4O4.